The highest BCUT2D eigenvalue weighted by molar-refractivity contribution is 5.67. The summed E-state index contributed by atoms with van der Waals surface area (Å²) >= 11 is 0. The third-order valence-corrected chi connectivity index (χ3v) is 1.63. The summed E-state index contributed by atoms with van der Waals surface area (Å²) in [6.07, 6.45) is 0.448. The van der Waals surface area contributed by atoms with E-state index in [0.29, 0.717) is 26.2 Å². The van der Waals surface area contributed by atoms with Gasteiger partial charge >= 0.3 is 6.09 Å². The van der Waals surface area contributed by atoms with E-state index >= 15 is 0 Å². The highest BCUT2D eigenvalue weighted by atomic mass is 16.5. The molecule has 0 aliphatic carbocycles. The predicted molar refractivity (Wildman–Crippen MR) is 49.5 cm³/mol. The Labute approximate surface area is 78.8 Å². The molecule has 78 valence electrons. The molecule has 0 fully saturated rings. The van der Waals surface area contributed by atoms with Crippen molar-refractivity contribution >= 4 is 6.09 Å². The van der Waals surface area contributed by atoms with E-state index in [1.807, 2.05) is 0 Å². The maximum atomic E-state index is 11.1. The van der Waals surface area contributed by atoms with Gasteiger partial charge in [0.1, 0.15) is 0 Å². The fourth-order valence-electron chi connectivity index (χ4n) is 0.907. The number of rotatable bonds is 6. The monoisotopic (exact) mass is 190 g/mol. The molecule has 0 bridgehead atoms. The second-order valence-electron chi connectivity index (χ2n) is 2.59. The Morgan fingerprint density at radius 3 is 2.54 bits per heavy atom. The molecule has 13 heavy (non-hydrogen) atoms. The van der Waals surface area contributed by atoms with Crippen LogP contribution in [0.25, 0.3) is 0 Å². The average Bonchev–Trinajstić information content (AvgIpc) is 2.17. The summed E-state index contributed by atoms with van der Waals surface area (Å²) in [4.78, 5) is 12.7. The summed E-state index contributed by atoms with van der Waals surface area (Å²) < 4.78 is 9.46. The summed E-state index contributed by atoms with van der Waals surface area (Å²) in [7, 11) is 2.96. The molecular weight excluding hydrogens is 172 g/mol. The van der Waals surface area contributed by atoms with Crippen LogP contribution in [0.3, 0.4) is 0 Å². The van der Waals surface area contributed by atoms with E-state index in [2.05, 4.69) is 4.74 Å². The van der Waals surface area contributed by atoms with Crippen LogP contribution in [0.1, 0.15) is 6.42 Å². The molecule has 0 aliphatic heterocycles. The second kappa shape index (κ2) is 7.82. The molecule has 5 nitrogen and oxygen atoms in total. The topological polar surface area (TPSA) is 64.8 Å². The highest BCUT2D eigenvalue weighted by Crippen LogP contribution is 1.94. The summed E-state index contributed by atoms with van der Waals surface area (Å²) in [6, 6.07) is 0. The minimum Gasteiger partial charge on any atom is -0.453 e. The SMILES string of the molecule is COCCN(CCCN)C(=O)OC. The van der Waals surface area contributed by atoms with Crippen molar-refractivity contribution in [3.05, 3.63) is 0 Å². The number of carbonyl (C=O) groups is 1. The van der Waals surface area contributed by atoms with Gasteiger partial charge in [0.05, 0.1) is 13.7 Å². The van der Waals surface area contributed by atoms with Gasteiger partial charge in [0.25, 0.3) is 0 Å². The fourth-order valence-corrected chi connectivity index (χ4v) is 0.907. The van der Waals surface area contributed by atoms with E-state index in [-0.39, 0.29) is 6.09 Å². The molecule has 0 aromatic heterocycles. The van der Waals surface area contributed by atoms with Gasteiger partial charge in [-0.1, -0.05) is 0 Å². The minimum absolute atomic E-state index is 0.328. The van der Waals surface area contributed by atoms with Gasteiger partial charge in [0.15, 0.2) is 0 Å². The lowest BCUT2D eigenvalue weighted by atomic mass is 10.4. The number of hydrogen-bond donors (Lipinski definition) is 1. The van der Waals surface area contributed by atoms with Gasteiger partial charge in [-0.15, -0.1) is 0 Å². The number of hydrogen-bond acceptors (Lipinski definition) is 4. The van der Waals surface area contributed by atoms with Gasteiger partial charge in [-0.2, -0.15) is 0 Å². The molecule has 0 heterocycles. The molecule has 0 radical (unpaired) electrons. The molecule has 0 aromatic rings. The van der Waals surface area contributed by atoms with Crippen LogP contribution >= 0.6 is 0 Å². The predicted octanol–water partition coefficient (Wildman–Crippen LogP) is 0.0500. The average molecular weight is 190 g/mol. The first-order valence-corrected chi connectivity index (χ1v) is 4.28. The maximum absolute atomic E-state index is 11.1. The van der Waals surface area contributed by atoms with Crippen molar-refractivity contribution < 1.29 is 14.3 Å². The van der Waals surface area contributed by atoms with Crippen molar-refractivity contribution in [2.24, 2.45) is 5.73 Å². The Morgan fingerprint density at radius 2 is 2.08 bits per heavy atom. The number of amides is 1. The first-order valence-electron chi connectivity index (χ1n) is 4.28. The molecule has 0 atom stereocenters. The van der Waals surface area contributed by atoms with Gasteiger partial charge < -0.3 is 20.1 Å². The van der Waals surface area contributed by atoms with Crippen molar-refractivity contribution in [1.29, 1.82) is 0 Å². The summed E-state index contributed by atoms with van der Waals surface area (Å²) in [6.45, 7) is 2.25. The van der Waals surface area contributed by atoms with E-state index in [1.54, 1.807) is 12.0 Å². The molecule has 0 saturated carbocycles. The largest absolute Gasteiger partial charge is 0.453 e. The third-order valence-electron chi connectivity index (χ3n) is 1.63. The zero-order chi connectivity index (χ0) is 10.1. The van der Waals surface area contributed by atoms with E-state index in [1.165, 1.54) is 7.11 Å². The second-order valence-corrected chi connectivity index (χ2v) is 2.59. The smallest absolute Gasteiger partial charge is 0.409 e. The van der Waals surface area contributed by atoms with Crippen LogP contribution in [0.4, 0.5) is 4.79 Å². The molecule has 1 amide bonds. The lowest BCUT2D eigenvalue weighted by molar-refractivity contribution is 0.103. The Morgan fingerprint density at radius 1 is 1.38 bits per heavy atom. The van der Waals surface area contributed by atoms with E-state index in [0.717, 1.165) is 6.42 Å². The van der Waals surface area contributed by atoms with E-state index < -0.39 is 0 Å². The molecule has 0 unspecified atom stereocenters. The first-order chi connectivity index (χ1) is 6.26. The van der Waals surface area contributed by atoms with Crippen molar-refractivity contribution in [1.82, 2.24) is 4.90 Å². The number of ether oxygens (including phenoxy) is 2. The van der Waals surface area contributed by atoms with Crippen molar-refractivity contribution in [3.63, 3.8) is 0 Å². The first kappa shape index (κ1) is 12.2. The normalized spacial score (nSPS) is 9.77. The van der Waals surface area contributed by atoms with Crippen molar-refractivity contribution in [3.8, 4) is 0 Å². The Kier molecular flexibility index (Phi) is 7.33. The lowest BCUT2D eigenvalue weighted by Gasteiger charge is -2.20. The molecule has 0 spiro atoms. The quantitative estimate of drug-likeness (QED) is 0.642. The summed E-state index contributed by atoms with van der Waals surface area (Å²) in [5.74, 6) is 0. The Hall–Kier alpha value is -0.810. The Bertz CT molecular complexity index is 133. The van der Waals surface area contributed by atoms with E-state index in [4.69, 9.17) is 10.5 Å². The van der Waals surface area contributed by atoms with Crippen LogP contribution < -0.4 is 5.73 Å². The van der Waals surface area contributed by atoms with Crippen LogP contribution in [0, 0.1) is 0 Å². The van der Waals surface area contributed by atoms with Crippen molar-refractivity contribution in [2.75, 3.05) is 40.5 Å². The van der Waals surface area contributed by atoms with Crippen LogP contribution in [-0.4, -0.2) is 51.5 Å². The van der Waals surface area contributed by atoms with Crippen LogP contribution in [0.5, 0.6) is 0 Å². The molecule has 5 heteroatoms. The fraction of sp³-hybridized carbons (Fsp3) is 0.875. The van der Waals surface area contributed by atoms with Gasteiger partial charge in [-0.3, -0.25) is 0 Å². The summed E-state index contributed by atoms with van der Waals surface area (Å²) in [5, 5.41) is 0. The zero-order valence-corrected chi connectivity index (χ0v) is 8.28. The van der Waals surface area contributed by atoms with E-state index in [9.17, 15) is 4.79 Å². The van der Waals surface area contributed by atoms with Gasteiger partial charge in [-0.25, -0.2) is 4.79 Å². The number of methoxy groups -OCH3 is 2. The third kappa shape index (κ3) is 5.43. The van der Waals surface area contributed by atoms with Crippen LogP contribution in [-0.2, 0) is 9.47 Å². The maximum Gasteiger partial charge on any atom is 0.409 e. The standard InChI is InChI=1S/C8H18N2O3/c1-12-7-6-10(5-3-4-9)8(11)13-2/h3-7,9H2,1-2H3. The molecule has 0 aromatic carbocycles. The summed E-state index contributed by atoms with van der Waals surface area (Å²) in [5.41, 5.74) is 5.34. The van der Waals surface area contributed by atoms with Gasteiger partial charge in [-0.05, 0) is 13.0 Å². The molecule has 0 aliphatic rings. The molecular formula is C8H18N2O3. The lowest BCUT2D eigenvalue weighted by Crippen LogP contribution is -2.35. The number of nitrogens with two attached hydrogens (primary N) is 1. The Balaban J connectivity index is 3.79. The van der Waals surface area contributed by atoms with Crippen LogP contribution in [0.2, 0.25) is 0 Å². The highest BCUT2D eigenvalue weighted by Gasteiger charge is 2.11. The molecule has 2 N–H and O–H groups in total. The molecule has 0 saturated heterocycles. The number of nitrogens with zero attached hydrogens (tertiary/aromatic N) is 1. The number of carbonyl (C=O) groups excluding carboxylic acids is 1. The van der Waals surface area contributed by atoms with Crippen LogP contribution in [0.15, 0.2) is 0 Å². The zero-order valence-electron chi connectivity index (χ0n) is 8.28. The van der Waals surface area contributed by atoms with Crippen molar-refractivity contribution in [2.45, 2.75) is 6.42 Å². The van der Waals surface area contributed by atoms with Gasteiger partial charge in [0, 0.05) is 20.2 Å². The molecule has 0 rings (SSSR count). The van der Waals surface area contributed by atoms with Gasteiger partial charge in [0.2, 0.25) is 0 Å². The minimum atomic E-state index is -0.328.